The molecule has 1 aromatic carbocycles. The molecule has 1 aliphatic heterocycles. The zero-order valence-electron chi connectivity index (χ0n) is 12.5. The zero-order chi connectivity index (χ0) is 16.1. The Morgan fingerprint density at radius 1 is 1.43 bits per heavy atom. The van der Waals surface area contributed by atoms with E-state index in [4.69, 9.17) is 9.47 Å². The number of benzene rings is 1. The smallest absolute Gasteiger partial charge is 0.270 e. The minimum atomic E-state index is -0.309. The largest absolute Gasteiger partial charge is 0.486 e. The van der Waals surface area contributed by atoms with Crippen molar-refractivity contribution < 1.29 is 18.7 Å². The fourth-order valence-corrected chi connectivity index (χ4v) is 2.95. The van der Waals surface area contributed by atoms with Crippen LogP contribution in [0.3, 0.4) is 0 Å². The van der Waals surface area contributed by atoms with E-state index in [1.54, 1.807) is 17.5 Å². The maximum absolute atomic E-state index is 12.8. The molecule has 1 atom stereocenters. The first-order valence-corrected chi connectivity index (χ1v) is 8.31. The number of nitrogens with one attached hydrogen (secondary N) is 1. The van der Waals surface area contributed by atoms with E-state index in [0.717, 1.165) is 19.4 Å². The number of halogens is 1. The van der Waals surface area contributed by atoms with Crippen molar-refractivity contribution in [2.24, 2.45) is 0 Å². The summed E-state index contributed by atoms with van der Waals surface area (Å²) < 4.78 is 23.8. The average Bonchev–Trinajstić information content (AvgIpc) is 3.24. The number of hydrogen-bond acceptors (Lipinski definition) is 5. The van der Waals surface area contributed by atoms with Crippen LogP contribution in [0.15, 0.2) is 29.6 Å². The van der Waals surface area contributed by atoms with Gasteiger partial charge < -0.3 is 14.8 Å². The molecule has 0 unspecified atom stereocenters. The molecule has 23 heavy (non-hydrogen) atoms. The van der Waals surface area contributed by atoms with Crippen molar-refractivity contribution in [3.05, 3.63) is 46.2 Å². The minimum absolute atomic E-state index is 0.110. The molecule has 5 nitrogen and oxygen atoms in total. The lowest BCUT2D eigenvalue weighted by atomic mass is 10.2. The Hall–Kier alpha value is -1.99. The van der Waals surface area contributed by atoms with E-state index in [0.29, 0.717) is 23.0 Å². The van der Waals surface area contributed by atoms with Crippen LogP contribution >= 0.6 is 11.3 Å². The Kier molecular flexibility index (Phi) is 5.19. The van der Waals surface area contributed by atoms with Gasteiger partial charge in [0.2, 0.25) is 0 Å². The van der Waals surface area contributed by atoms with Gasteiger partial charge in [0, 0.05) is 18.5 Å². The second kappa shape index (κ2) is 7.52. The normalized spacial score (nSPS) is 17.2. The molecule has 0 spiro atoms. The van der Waals surface area contributed by atoms with Crippen LogP contribution in [0.5, 0.6) is 5.75 Å². The van der Waals surface area contributed by atoms with Crippen LogP contribution in [0.2, 0.25) is 0 Å². The summed E-state index contributed by atoms with van der Waals surface area (Å²) in [4.78, 5) is 16.3. The van der Waals surface area contributed by atoms with E-state index in [1.165, 1.54) is 23.5 Å². The number of rotatable bonds is 6. The molecule has 1 aliphatic rings. The maximum atomic E-state index is 12.8. The van der Waals surface area contributed by atoms with Crippen LogP contribution in [0, 0.1) is 5.82 Å². The van der Waals surface area contributed by atoms with Gasteiger partial charge in [0.1, 0.15) is 28.9 Å². The van der Waals surface area contributed by atoms with Crippen molar-refractivity contribution in [2.45, 2.75) is 25.6 Å². The molecule has 2 aromatic rings. The number of thiazole rings is 1. The number of ether oxygens (including phenoxy) is 2. The van der Waals surface area contributed by atoms with Crippen LogP contribution in [0.25, 0.3) is 0 Å². The van der Waals surface area contributed by atoms with E-state index in [9.17, 15) is 9.18 Å². The van der Waals surface area contributed by atoms with Gasteiger partial charge >= 0.3 is 0 Å². The van der Waals surface area contributed by atoms with Crippen LogP contribution in [-0.2, 0) is 11.3 Å². The third kappa shape index (κ3) is 4.49. The summed E-state index contributed by atoms with van der Waals surface area (Å²) in [5.41, 5.74) is 0.380. The van der Waals surface area contributed by atoms with Gasteiger partial charge in [-0.2, -0.15) is 0 Å². The van der Waals surface area contributed by atoms with Gasteiger partial charge in [0.15, 0.2) is 0 Å². The van der Waals surface area contributed by atoms with Gasteiger partial charge in [0.25, 0.3) is 5.91 Å². The molecule has 0 bridgehead atoms. The summed E-state index contributed by atoms with van der Waals surface area (Å²) in [6, 6.07) is 5.78. The molecule has 1 fully saturated rings. The van der Waals surface area contributed by atoms with Crippen molar-refractivity contribution in [1.82, 2.24) is 10.3 Å². The molecule has 122 valence electrons. The van der Waals surface area contributed by atoms with Crippen LogP contribution in [0.1, 0.15) is 28.3 Å². The van der Waals surface area contributed by atoms with Crippen molar-refractivity contribution >= 4 is 17.2 Å². The Morgan fingerprint density at radius 2 is 2.26 bits per heavy atom. The lowest BCUT2D eigenvalue weighted by Gasteiger charge is -2.09. The van der Waals surface area contributed by atoms with Crippen LogP contribution in [-0.4, -0.2) is 30.1 Å². The van der Waals surface area contributed by atoms with Crippen molar-refractivity contribution in [2.75, 3.05) is 13.2 Å². The highest BCUT2D eigenvalue weighted by Crippen LogP contribution is 2.16. The van der Waals surface area contributed by atoms with Gasteiger partial charge in [-0.25, -0.2) is 9.37 Å². The summed E-state index contributed by atoms with van der Waals surface area (Å²) in [6.45, 7) is 1.52. The Balaban J connectivity index is 1.48. The molecular weight excluding hydrogens is 319 g/mol. The van der Waals surface area contributed by atoms with Gasteiger partial charge in [-0.1, -0.05) is 0 Å². The second-order valence-electron chi connectivity index (χ2n) is 5.21. The first-order valence-electron chi connectivity index (χ1n) is 7.43. The predicted octanol–water partition coefficient (Wildman–Crippen LogP) is 2.77. The monoisotopic (exact) mass is 336 g/mol. The predicted molar refractivity (Wildman–Crippen MR) is 84.2 cm³/mol. The Bertz CT molecular complexity index is 654. The SMILES string of the molecule is O=C(NC[C@@H]1CCCO1)c1csc(COc2ccc(F)cc2)n1. The standard InChI is InChI=1S/C16H17FN2O3S/c17-11-3-5-12(6-4-11)22-9-15-19-14(10-23-15)16(20)18-8-13-2-1-7-21-13/h3-6,10,13H,1-2,7-9H2,(H,18,20)/t13-/m0/s1. The summed E-state index contributed by atoms with van der Waals surface area (Å²) in [7, 11) is 0. The molecule has 1 saturated heterocycles. The molecular formula is C16H17FN2O3S. The van der Waals surface area contributed by atoms with Crippen molar-refractivity contribution in [3.8, 4) is 5.75 Å². The summed E-state index contributed by atoms with van der Waals surface area (Å²) in [5.74, 6) is 0.0487. The van der Waals surface area contributed by atoms with E-state index in [-0.39, 0.29) is 24.4 Å². The number of aromatic nitrogens is 1. The average molecular weight is 336 g/mol. The highest BCUT2D eigenvalue weighted by molar-refractivity contribution is 7.09. The van der Waals surface area contributed by atoms with Crippen molar-refractivity contribution in [3.63, 3.8) is 0 Å². The molecule has 2 heterocycles. The first-order chi connectivity index (χ1) is 11.2. The fraction of sp³-hybridized carbons (Fsp3) is 0.375. The lowest BCUT2D eigenvalue weighted by molar-refractivity contribution is 0.0854. The van der Waals surface area contributed by atoms with E-state index in [1.807, 2.05) is 0 Å². The van der Waals surface area contributed by atoms with Gasteiger partial charge in [-0.15, -0.1) is 11.3 Å². The highest BCUT2D eigenvalue weighted by atomic mass is 32.1. The second-order valence-corrected chi connectivity index (χ2v) is 6.16. The van der Waals surface area contributed by atoms with E-state index >= 15 is 0 Å². The number of carbonyl (C=O) groups is 1. The van der Waals surface area contributed by atoms with Crippen molar-refractivity contribution in [1.29, 1.82) is 0 Å². The number of hydrogen-bond donors (Lipinski definition) is 1. The lowest BCUT2D eigenvalue weighted by Crippen LogP contribution is -2.31. The van der Waals surface area contributed by atoms with Gasteiger partial charge in [-0.3, -0.25) is 4.79 Å². The van der Waals surface area contributed by atoms with Crippen LogP contribution in [0.4, 0.5) is 4.39 Å². The molecule has 1 amide bonds. The summed E-state index contributed by atoms with van der Waals surface area (Å²) in [5, 5.41) is 5.23. The molecule has 0 radical (unpaired) electrons. The van der Waals surface area contributed by atoms with Gasteiger partial charge in [0.05, 0.1) is 6.10 Å². The third-order valence-electron chi connectivity index (χ3n) is 3.47. The third-order valence-corrected chi connectivity index (χ3v) is 4.30. The fourth-order valence-electron chi connectivity index (χ4n) is 2.26. The quantitative estimate of drug-likeness (QED) is 0.881. The topological polar surface area (TPSA) is 60.5 Å². The molecule has 0 saturated carbocycles. The zero-order valence-corrected chi connectivity index (χ0v) is 13.3. The minimum Gasteiger partial charge on any atom is -0.486 e. The van der Waals surface area contributed by atoms with E-state index in [2.05, 4.69) is 10.3 Å². The molecule has 1 N–H and O–H groups in total. The highest BCUT2D eigenvalue weighted by Gasteiger charge is 2.17. The van der Waals surface area contributed by atoms with E-state index < -0.39 is 0 Å². The number of amides is 1. The molecule has 7 heteroatoms. The Morgan fingerprint density at radius 3 is 3.00 bits per heavy atom. The molecule has 1 aromatic heterocycles. The molecule has 3 rings (SSSR count). The first kappa shape index (κ1) is 15.9. The number of nitrogens with zero attached hydrogens (tertiary/aromatic N) is 1. The Labute approximate surface area is 137 Å². The number of carbonyl (C=O) groups excluding carboxylic acids is 1. The van der Waals surface area contributed by atoms with Crippen LogP contribution < -0.4 is 10.1 Å². The summed E-state index contributed by atoms with van der Waals surface area (Å²) in [6.07, 6.45) is 2.13. The molecule has 0 aliphatic carbocycles. The maximum Gasteiger partial charge on any atom is 0.270 e. The summed E-state index contributed by atoms with van der Waals surface area (Å²) >= 11 is 1.36. The van der Waals surface area contributed by atoms with Gasteiger partial charge in [-0.05, 0) is 37.1 Å².